The Labute approximate surface area is 230 Å². The van der Waals surface area contributed by atoms with Crippen LogP contribution in [0.4, 0.5) is 13.2 Å². The van der Waals surface area contributed by atoms with Crippen molar-refractivity contribution >= 4 is 26.8 Å². The Hall–Kier alpha value is -3.06. The maximum Gasteiger partial charge on any atom is 0.391 e. The zero-order valence-corrected chi connectivity index (χ0v) is 22.9. The molecule has 13 heteroatoms. The molecule has 216 valence electrons. The van der Waals surface area contributed by atoms with Crippen LogP contribution in [-0.4, -0.2) is 57.7 Å². The van der Waals surface area contributed by atoms with Gasteiger partial charge in [0.25, 0.3) is 5.91 Å². The van der Waals surface area contributed by atoms with Crippen molar-refractivity contribution in [3.8, 4) is 0 Å². The topological polar surface area (TPSA) is 127 Å². The molecular weight excluding hydrogens is 547 g/mol. The number of halogens is 3. The molecule has 0 aromatic carbocycles. The lowest BCUT2D eigenvalue weighted by atomic mass is 9.81. The second-order valence-electron chi connectivity index (χ2n) is 10.7. The number of rotatable bonds is 9. The summed E-state index contributed by atoms with van der Waals surface area (Å²) in [5.74, 6) is -1.40. The number of alkyl halides is 3. The fourth-order valence-corrected chi connectivity index (χ4v) is 6.20. The number of hydrogen-bond acceptors (Lipinski definition) is 7. The monoisotopic (exact) mass is 579 g/mol. The van der Waals surface area contributed by atoms with Gasteiger partial charge in [-0.05, 0) is 62.6 Å². The number of fused-ring (bicyclic) bond motifs is 1. The zero-order chi connectivity index (χ0) is 28.7. The maximum atomic E-state index is 13.1. The molecule has 3 heterocycles. The van der Waals surface area contributed by atoms with Crippen molar-refractivity contribution in [2.75, 3.05) is 12.4 Å². The molecule has 1 atom stereocenters. The first-order chi connectivity index (χ1) is 19.0. The minimum atomic E-state index is -4.14. The summed E-state index contributed by atoms with van der Waals surface area (Å²) in [6, 6.07) is 3.61. The Morgan fingerprint density at radius 2 is 1.85 bits per heavy atom. The predicted octanol–water partition coefficient (Wildman–Crippen LogP) is 4.33. The van der Waals surface area contributed by atoms with Crippen molar-refractivity contribution in [1.82, 2.24) is 25.1 Å². The number of pyridine rings is 2. The van der Waals surface area contributed by atoms with Crippen LogP contribution in [0, 0.1) is 11.8 Å². The highest BCUT2D eigenvalue weighted by Gasteiger charge is 2.41. The van der Waals surface area contributed by atoms with Gasteiger partial charge in [0.2, 0.25) is 0 Å². The molecule has 5 rings (SSSR count). The van der Waals surface area contributed by atoms with Crippen molar-refractivity contribution in [2.45, 2.75) is 75.0 Å². The minimum absolute atomic E-state index is 0.0619. The summed E-state index contributed by atoms with van der Waals surface area (Å²) < 4.78 is 65.2. The third kappa shape index (κ3) is 5.99. The third-order valence-corrected chi connectivity index (χ3v) is 9.65. The third-order valence-electron chi connectivity index (χ3n) is 7.93. The number of nitrogens with one attached hydrogen (secondary N) is 1. The molecule has 0 bridgehead atoms. The largest absolute Gasteiger partial charge is 0.394 e. The molecule has 2 fully saturated rings. The molecular formula is C27H32F3N5O4S. The van der Waals surface area contributed by atoms with E-state index in [1.54, 1.807) is 6.07 Å². The number of aliphatic hydroxyl groups excluding tert-OH is 1. The van der Waals surface area contributed by atoms with Gasteiger partial charge in [0, 0.05) is 24.9 Å². The summed E-state index contributed by atoms with van der Waals surface area (Å²) in [7, 11) is -3.43. The van der Waals surface area contributed by atoms with Gasteiger partial charge in [-0.2, -0.15) is 18.3 Å². The Morgan fingerprint density at radius 1 is 1.12 bits per heavy atom. The van der Waals surface area contributed by atoms with E-state index in [0.717, 1.165) is 18.5 Å². The molecule has 3 aromatic heterocycles. The minimum Gasteiger partial charge on any atom is -0.394 e. The van der Waals surface area contributed by atoms with Gasteiger partial charge in [-0.1, -0.05) is 6.92 Å². The summed E-state index contributed by atoms with van der Waals surface area (Å²) >= 11 is 0. The lowest BCUT2D eigenvalue weighted by Crippen LogP contribution is -2.31. The number of aromatic nitrogens is 4. The van der Waals surface area contributed by atoms with Gasteiger partial charge in [0.1, 0.15) is 11.0 Å². The Morgan fingerprint density at radius 3 is 2.42 bits per heavy atom. The molecule has 40 heavy (non-hydrogen) atoms. The van der Waals surface area contributed by atoms with E-state index in [9.17, 15) is 31.5 Å². The van der Waals surface area contributed by atoms with Gasteiger partial charge in [0.15, 0.2) is 9.84 Å². The van der Waals surface area contributed by atoms with E-state index in [0.29, 0.717) is 42.0 Å². The number of nitrogens with zero attached hydrogens (tertiary/aromatic N) is 4. The number of carbonyl (C=O) groups is 1. The van der Waals surface area contributed by atoms with E-state index in [2.05, 4.69) is 15.3 Å². The van der Waals surface area contributed by atoms with Crippen LogP contribution in [0.15, 0.2) is 35.5 Å². The van der Waals surface area contributed by atoms with Crippen LogP contribution in [0.5, 0.6) is 0 Å². The lowest BCUT2D eigenvalue weighted by molar-refractivity contribution is -0.184. The molecule has 0 aliphatic heterocycles. The molecule has 2 aliphatic carbocycles. The second-order valence-corrected chi connectivity index (χ2v) is 13.0. The average molecular weight is 580 g/mol. The molecule has 2 N–H and O–H groups in total. The molecule has 2 saturated carbocycles. The van der Waals surface area contributed by atoms with Gasteiger partial charge in [-0.3, -0.25) is 19.4 Å². The highest BCUT2D eigenvalue weighted by atomic mass is 32.2. The summed E-state index contributed by atoms with van der Waals surface area (Å²) in [5, 5.41) is 17.3. The van der Waals surface area contributed by atoms with E-state index in [1.165, 1.54) is 31.5 Å². The van der Waals surface area contributed by atoms with Crippen molar-refractivity contribution < 1.29 is 31.5 Å². The van der Waals surface area contributed by atoms with Crippen LogP contribution < -0.4 is 5.32 Å². The fourth-order valence-electron chi connectivity index (χ4n) is 5.38. The highest BCUT2D eigenvalue weighted by Crippen LogP contribution is 2.44. The van der Waals surface area contributed by atoms with E-state index in [4.69, 9.17) is 5.10 Å². The first-order valence-electron chi connectivity index (χ1n) is 13.5. The fraction of sp³-hybridized carbons (Fsp3) is 0.556. The van der Waals surface area contributed by atoms with Crippen molar-refractivity contribution in [1.29, 1.82) is 0 Å². The van der Waals surface area contributed by atoms with E-state index >= 15 is 0 Å². The van der Waals surface area contributed by atoms with Crippen molar-refractivity contribution in [3.05, 3.63) is 47.5 Å². The average Bonchev–Trinajstić information content (AvgIpc) is 3.71. The first-order valence-corrected chi connectivity index (χ1v) is 15.2. The number of sulfone groups is 1. The Kier molecular flexibility index (Phi) is 7.88. The van der Waals surface area contributed by atoms with Crippen LogP contribution in [0.1, 0.15) is 79.2 Å². The van der Waals surface area contributed by atoms with Gasteiger partial charge >= 0.3 is 6.18 Å². The first kappa shape index (κ1) is 28.5. The van der Waals surface area contributed by atoms with Gasteiger partial charge in [-0.25, -0.2) is 8.42 Å². The van der Waals surface area contributed by atoms with Crippen LogP contribution in [0.25, 0.3) is 11.0 Å². The Bertz CT molecular complexity index is 1480. The van der Waals surface area contributed by atoms with Crippen LogP contribution in [0.2, 0.25) is 0 Å². The molecule has 0 radical (unpaired) electrons. The summed E-state index contributed by atoms with van der Waals surface area (Å²) in [5.41, 5.74) is 2.73. The normalized spacial score (nSPS) is 20.9. The lowest BCUT2D eigenvalue weighted by Gasteiger charge is -2.30. The van der Waals surface area contributed by atoms with Crippen LogP contribution in [-0.2, 0) is 16.4 Å². The quantitative estimate of drug-likeness (QED) is 0.386. The van der Waals surface area contributed by atoms with Crippen molar-refractivity contribution in [3.63, 3.8) is 0 Å². The van der Waals surface area contributed by atoms with Gasteiger partial charge < -0.3 is 10.4 Å². The molecule has 0 saturated heterocycles. The molecule has 1 amide bonds. The highest BCUT2D eigenvalue weighted by molar-refractivity contribution is 7.91. The number of carbonyl (C=O) groups excluding carboxylic acids is 1. The summed E-state index contributed by atoms with van der Waals surface area (Å²) in [6.07, 6.45) is 1.75. The number of aliphatic hydroxyl groups is 1. The van der Waals surface area contributed by atoms with Crippen molar-refractivity contribution in [2.24, 2.45) is 11.8 Å². The van der Waals surface area contributed by atoms with Crippen LogP contribution >= 0.6 is 0 Å². The Balaban J connectivity index is 1.32. The zero-order valence-electron chi connectivity index (χ0n) is 22.1. The second kappa shape index (κ2) is 11.1. The summed E-state index contributed by atoms with van der Waals surface area (Å²) in [6.45, 7) is 1.60. The molecule has 2 aliphatic rings. The molecule has 1 unspecified atom stereocenters. The SMILES string of the molecule is CCS(=O)(=O)c1ccc(C(CO)NC(=O)c2cnc3c(C4CC4)n(CC4CCC(C(F)(F)F)CC4)nc3c2)nc1. The number of amides is 1. The number of hydrogen-bond donors (Lipinski definition) is 2. The predicted molar refractivity (Wildman–Crippen MR) is 140 cm³/mol. The smallest absolute Gasteiger partial charge is 0.391 e. The molecule has 9 nitrogen and oxygen atoms in total. The van der Waals surface area contributed by atoms with E-state index in [1.807, 2.05) is 4.68 Å². The standard InChI is InChI=1S/C27H32F3N5O4S/c1-2-40(38,39)20-9-10-21(31-13-20)23(15-36)33-26(37)18-11-22-24(32-12-18)25(17-5-6-17)35(34-22)14-16-3-7-19(8-4-16)27(28,29)30/h9-13,16-17,19,23,36H,2-8,14-15H2,1H3,(H,33,37). The molecule has 0 spiro atoms. The van der Waals surface area contributed by atoms with Crippen LogP contribution in [0.3, 0.4) is 0 Å². The molecule has 3 aromatic rings. The van der Waals surface area contributed by atoms with E-state index in [-0.39, 0.29) is 35.0 Å². The van der Waals surface area contributed by atoms with Gasteiger partial charge in [0.05, 0.1) is 46.2 Å². The van der Waals surface area contributed by atoms with E-state index < -0.39 is 40.5 Å². The summed E-state index contributed by atoms with van der Waals surface area (Å²) in [4.78, 5) is 21.8. The van der Waals surface area contributed by atoms with Gasteiger partial charge in [-0.15, -0.1) is 0 Å². The maximum absolute atomic E-state index is 13.1.